The number of benzene rings is 2. The van der Waals surface area contributed by atoms with Crippen molar-refractivity contribution < 1.29 is 9.13 Å². The van der Waals surface area contributed by atoms with Gasteiger partial charge in [-0.3, -0.25) is 4.40 Å². The monoisotopic (exact) mass is 426 g/mol. The summed E-state index contributed by atoms with van der Waals surface area (Å²) >= 11 is 0. The van der Waals surface area contributed by atoms with Gasteiger partial charge in [-0.25, -0.2) is 14.2 Å². The van der Waals surface area contributed by atoms with Crippen molar-refractivity contribution in [3.8, 4) is 28.1 Å². The van der Waals surface area contributed by atoms with Crippen molar-refractivity contribution in [2.75, 3.05) is 19.7 Å². The van der Waals surface area contributed by atoms with Gasteiger partial charge in [0.1, 0.15) is 17.1 Å². The lowest BCUT2D eigenvalue weighted by Crippen LogP contribution is -2.15. The minimum Gasteiger partial charge on any atom is -0.491 e. The molecule has 2 aromatic carbocycles. The molecule has 0 spiro atoms. The molecule has 2 aromatic heterocycles. The lowest BCUT2D eigenvalue weighted by Gasteiger charge is -2.18. The number of aromatic nitrogens is 2. The van der Waals surface area contributed by atoms with E-state index in [1.165, 1.54) is 12.1 Å². The number of nitrogens with zero attached hydrogens (tertiary/aromatic N) is 3. The summed E-state index contributed by atoms with van der Waals surface area (Å²) in [6.45, 7) is 11.8. The number of halogens is 1. The number of ether oxygens (including phenoxy) is 1. The highest BCUT2D eigenvalue weighted by molar-refractivity contribution is 5.86. The molecule has 1 aliphatic heterocycles. The summed E-state index contributed by atoms with van der Waals surface area (Å²) in [5, 5.41) is 3.37. The number of rotatable bonds is 5. The first kappa shape index (κ1) is 20.2. The van der Waals surface area contributed by atoms with Crippen LogP contribution in [-0.4, -0.2) is 29.1 Å². The van der Waals surface area contributed by atoms with Crippen LogP contribution in [0.4, 0.5) is 10.1 Å². The highest BCUT2D eigenvalue weighted by atomic mass is 19.1. The minimum absolute atomic E-state index is 0.0135. The van der Waals surface area contributed by atoms with E-state index in [4.69, 9.17) is 11.3 Å². The Kier molecular flexibility index (Phi) is 5.34. The highest BCUT2D eigenvalue weighted by Crippen LogP contribution is 2.39. The highest BCUT2D eigenvalue weighted by Gasteiger charge is 2.20. The quantitative estimate of drug-likeness (QED) is 0.419. The number of aryl methyl sites for hydroxylation is 1. The fourth-order valence-corrected chi connectivity index (χ4v) is 4.23. The molecule has 3 heterocycles. The summed E-state index contributed by atoms with van der Waals surface area (Å²) in [5.74, 6) is 0.654. The summed E-state index contributed by atoms with van der Waals surface area (Å²) in [7, 11) is 0. The number of hydrogen-bond acceptors (Lipinski definition) is 3. The van der Waals surface area contributed by atoms with Crippen LogP contribution in [0.5, 0.6) is 5.75 Å². The molecule has 1 aliphatic rings. The molecule has 160 valence electrons. The SMILES string of the molecule is [C-]#[N+]c1ccc(-c2cc(OC[C@@H]3CCNC3)c3cncn3c2-c2ccc(C)cc2)cc1F. The standard InChI is InChI=1S/C26H23FN4O/c1-17-3-5-19(6-4-17)26-21(20-7-8-23(28-2)22(27)11-20)12-25(24-14-30-16-31(24)26)32-15-18-9-10-29-13-18/h3-8,11-12,14,16,18,29H,9-10,13,15H2,1H3/t18-/m1/s1. The van der Waals surface area contributed by atoms with Crippen molar-refractivity contribution in [3.05, 3.63) is 83.9 Å². The molecule has 0 radical (unpaired) electrons. The molecule has 1 atom stereocenters. The smallest absolute Gasteiger partial charge is 0.222 e. The van der Waals surface area contributed by atoms with E-state index in [0.29, 0.717) is 18.1 Å². The fraction of sp³-hybridized carbons (Fsp3) is 0.231. The van der Waals surface area contributed by atoms with E-state index in [1.54, 1.807) is 18.6 Å². The van der Waals surface area contributed by atoms with Gasteiger partial charge in [-0.2, -0.15) is 0 Å². The molecular weight excluding hydrogens is 403 g/mol. The molecule has 32 heavy (non-hydrogen) atoms. The van der Waals surface area contributed by atoms with Crippen LogP contribution in [0.2, 0.25) is 0 Å². The van der Waals surface area contributed by atoms with Gasteiger partial charge >= 0.3 is 0 Å². The van der Waals surface area contributed by atoms with Crippen molar-refractivity contribution in [1.82, 2.24) is 14.7 Å². The Balaban J connectivity index is 1.69. The Hall–Kier alpha value is -3.69. The maximum Gasteiger partial charge on any atom is 0.222 e. The van der Waals surface area contributed by atoms with Crippen molar-refractivity contribution in [2.45, 2.75) is 13.3 Å². The van der Waals surface area contributed by atoms with Gasteiger partial charge in [0.05, 0.1) is 31.4 Å². The minimum atomic E-state index is -0.530. The van der Waals surface area contributed by atoms with Crippen LogP contribution >= 0.6 is 0 Å². The van der Waals surface area contributed by atoms with Gasteiger partial charge < -0.3 is 10.1 Å². The largest absolute Gasteiger partial charge is 0.491 e. The summed E-state index contributed by atoms with van der Waals surface area (Å²) in [5.41, 5.74) is 5.46. The van der Waals surface area contributed by atoms with Gasteiger partial charge in [-0.15, -0.1) is 0 Å². The lowest BCUT2D eigenvalue weighted by atomic mass is 9.97. The Labute approximate surface area is 186 Å². The first-order chi connectivity index (χ1) is 15.6. The van der Waals surface area contributed by atoms with E-state index in [1.807, 2.05) is 17.4 Å². The average molecular weight is 426 g/mol. The van der Waals surface area contributed by atoms with Crippen LogP contribution in [-0.2, 0) is 0 Å². The van der Waals surface area contributed by atoms with Crippen molar-refractivity contribution in [2.24, 2.45) is 5.92 Å². The Morgan fingerprint density at radius 3 is 2.72 bits per heavy atom. The van der Waals surface area contributed by atoms with Crippen molar-refractivity contribution in [3.63, 3.8) is 0 Å². The Bertz CT molecular complexity index is 1310. The van der Waals surface area contributed by atoms with Gasteiger partial charge in [0, 0.05) is 18.0 Å². The zero-order valence-electron chi connectivity index (χ0n) is 17.8. The predicted molar refractivity (Wildman–Crippen MR) is 123 cm³/mol. The van der Waals surface area contributed by atoms with E-state index in [2.05, 4.69) is 39.4 Å². The second-order valence-electron chi connectivity index (χ2n) is 8.23. The maximum absolute atomic E-state index is 14.6. The Morgan fingerprint density at radius 2 is 2.00 bits per heavy atom. The summed E-state index contributed by atoms with van der Waals surface area (Å²) < 4.78 is 22.8. The predicted octanol–water partition coefficient (Wildman–Crippen LogP) is 5.65. The molecule has 1 N–H and O–H groups in total. The van der Waals surface area contributed by atoms with Gasteiger partial charge in [-0.1, -0.05) is 42.0 Å². The van der Waals surface area contributed by atoms with Gasteiger partial charge in [0.2, 0.25) is 5.69 Å². The summed E-state index contributed by atoms with van der Waals surface area (Å²) in [6.07, 6.45) is 4.65. The molecule has 0 amide bonds. The van der Waals surface area contributed by atoms with E-state index in [9.17, 15) is 4.39 Å². The van der Waals surface area contributed by atoms with E-state index < -0.39 is 5.82 Å². The molecule has 5 rings (SSSR count). The molecule has 5 nitrogen and oxygen atoms in total. The Morgan fingerprint density at radius 1 is 1.19 bits per heavy atom. The van der Waals surface area contributed by atoms with Crippen LogP contribution in [0.3, 0.4) is 0 Å². The van der Waals surface area contributed by atoms with Crippen LogP contribution < -0.4 is 10.1 Å². The molecule has 0 aliphatic carbocycles. The second kappa shape index (κ2) is 8.45. The molecule has 0 saturated carbocycles. The molecule has 1 fully saturated rings. The molecule has 0 unspecified atom stereocenters. The number of pyridine rings is 1. The third-order valence-electron chi connectivity index (χ3n) is 6.00. The molecular formula is C26H23FN4O. The normalized spacial score (nSPS) is 15.7. The lowest BCUT2D eigenvalue weighted by molar-refractivity contribution is 0.262. The van der Waals surface area contributed by atoms with Crippen molar-refractivity contribution in [1.29, 1.82) is 0 Å². The first-order valence-electron chi connectivity index (χ1n) is 10.7. The third kappa shape index (κ3) is 3.72. The van der Waals surface area contributed by atoms with E-state index in [-0.39, 0.29) is 5.69 Å². The number of imidazole rings is 1. The van der Waals surface area contributed by atoms with E-state index in [0.717, 1.165) is 53.2 Å². The zero-order chi connectivity index (χ0) is 22.1. The average Bonchev–Trinajstić information content (AvgIpc) is 3.50. The number of hydrogen-bond donors (Lipinski definition) is 1. The second-order valence-corrected chi connectivity index (χ2v) is 8.23. The number of nitrogens with one attached hydrogen (secondary N) is 1. The molecule has 0 bridgehead atoms. The maximum atomic E-state index is 14.6. The van der Waals surface area contributed by atoms with Crippen LogP contribution in [0.15, 0.2) is 61.1 Å². The van der Waals surface area contributed by atoms with E-state index >= 15 is 0 Å². The molecule has 4 aromatic rings. The van der Waals surface area contributed by atoms with Crippen molar-refractivity contribution >= 4 is 11.2 Å². The zero-order valence-corrected chi connectivity index (χ0v) is 17.8. The molecule has 1 saturated heterocycles. The fourth-order valence-electron chi connectivity index (χ4n) is 4.23. The molecule has 6 heteroatoms. The topological polar surface area (TPSA) is 42.9 Å². The first-order valence-corrected chi connectivity index (χ1v) is 10.7. The van der Waals surface area contributed by atoms with Gasteiger partial charge in [0.15, 0.2) is 0 Å². The van der Waals surface area contributed by atoms with Gasteiger partial charge in [0.25, 0.3) is 0 Å². The van der Waals surface area contributed by atoms with Crippen LogP contribution in [0.1, 0.15) is 12.0 Å². The van der Waals surface area contributed by atoms with Crippen LogP contribution in [0.25, 0.3) is 32.7 Å². The van der Waals surface area contributed by atoms with Crippen LogP contribution in [0, 0.1) is 25.2 Å². The van der Waals surface area contributed by atoms with Gasteiger partial charge in [-0.05, 0) is 43.1 Å². The number of fused-ring (bicyclic) bond motifs is 1. The third-order valence-corrected chi connectivity index (χ3v) is 6.00. The summed E-state index contributed by atoms with van der Waals surface area (Å²) in [4.78, 5) is 7.64. The summed E-state index contributed by atoms with van der Waals surface area (Å²) in [6, 6.07) is 14.9.